The van der Waals surface area contributed by atoms with E-state index in [4.69, 9.17) is 16.3 Å². The van der Waals surface area contributed by atoms with Gasteiger partial charge in [0.05, 0.1) is 10.6 Å². The molecule has 3 rings (SSSR count). The molecule has 0 spiro atoms. The summed E-state index contributed by atoms with van der Waals surface area (Å²) in [6.07, 6.45) is 1.60. The largest absolute Gasteiger partial charge is 0.489 e. The SMILES string of the molecule is O=C(O)/C(=C\c1ccc(OCc2c(F)cccc2Cl)cc1)c1cccs1. The maximum absolute atomic E-state index is 13.7. The Hall–Kier alpha value is -2.63. The normalized spacial score (nSPS) is 11.4. The summed E-state index contributed by atoms with van der Waals surface area (Å²) in [6, 6.07) is 14.9. The number of carboxylic acid groups (broad SMARTS) is 1. The third-order valence-corrected chi connectivity index (χ3v) is 4.91. The number of rotatable bonds is 6. The lowest BCUT2D eigenvalue weighted by molar-refractivity contribution is -0.130. The van der Waals surface area contributed by atoms with Crippen LogP contribution in [0.1, 0.15) is 16.0 Å². The second-order valence-electron chi connectivity index (χ2n) is 5.40. The highest BCUT2D eigenvalue weighted by Crippen LogP contribution is 2.25. The van der Waals surface area contributed by atoms with E-state index in [2.05, 4.69) is 0 Å². The molecule has 2 aromatic carbocycles. The molecular weight excluding hydrogens is 375 g/mol. The van der Waals surface area contributed by atoms with Crippen molar-refractivity contribution in [3.05, 3.63) is 86.8 Å². The molecule has 0 aliphatic rings. The van der Waals surface area contributed by atoms with Crippen LogP contribution in [0.5, 0.6) is 5.75 Å². The van der Waals surface area contributed by atoms with Crippen LogP contribution in [-0.4, -0.2) is 11.1 Å². The van der Waals surface area contributed by atoms with Gasteiger partial charge < -0.3 is 9.84 Å². The molecule has 1 aromatic heterocycles. The van der Waals surface area contributed by atoms with Gasteiger partial charge in [0.25, 0.3) is 0 Å². The molecule has 3 aromatic rings. The van der Waals surface area contributed by atoms with Gasteiger partial charge in [-0.05, 0) is 47.4 Å². The smallest absolute Gasteiger partial charge is 0.337 e. The summed E-state index contributed by atoms with van der Waals surface area (Å²) in [7, 11) is 0. The third-order valence-electron chi connectivity index (χ3n) is 3.65. The van der Waals surface area contributed by atoms with E-state index < -0.39 is 11.8 Å². The first-order valence-electron chi connectivity index (χ1n) is 7.69. The molecule has 0 radical (unpaired) electrons. The number of carbonyl (C=O) groups is 1. The van der Waals surface area contributed by atoms with Crippen LogP contribution < -0.4 is 4.74 Å². The Morgan fingerprint density at radius 2 is 1.92 bits per heavy atom. The summed E-state index contributed by atoms with van der Waals surface area (Å²) >= 11 is 7.34. The molecule has 0 unspecified atom stereocenters. The van der Waals surface area contributed by atoms with E-state index in [1.54, 1.807) is 42.5 Å². The summed E-state index contributed by atoms with van der Waals surface area (Å²) < 4.78 is 19.3. The van der Waals surface area contributed by atoms with Crippen LogP contribution in [0.15, 0.2) is 60.0 Å². The summed E-state index contributed by atoms with van der Waals surface area (Å²) in [5.74, 6) is -0.865. The zero-order chi connectivity index (χ0) is 18.5. The zero-order valence-corrected chi connectivity index (χ0v) is 15.1. The van der Waals surface area contributed by atoms with E-state index in [-0.39, 0.29) is 12.2 Å². The van der Waals surface area contributed by atoms with E-state index >= 15 is 0 Å². The highest BCUT2D eigenvalue weighted by atomic mass is 35.5. The number of hydrogen-bond donors (Lipinski definition) is 1. The molecule has 26 heavy (non-hydrogen) atoms. The van der Waals surface area contributed by atoms with Gasteiger partial charge in [0, 0.05) is 10.4 Å². The fourth-order valence-corrected chi connectivity index (χ4v) is 3.27. The van der Waals surface area contributed by atoms with Gasteiger partial charge in [-0.3, -0.25) is 0 Å². The maximum atomic E-state index is 13.7. The van der Waals surface area contributed by atoms with E-state index in [1.165, 1.54) is 23.5 Å². The quantitative estimate of drug-likeness (QED) is 0.547. The topological polar surface area (TPSA) is 46.5 Å². The molecule has 0 aliphatic carbocycles. The number of thiophene rings is 1. The molecule has 0 bridgehead atoms. The van der Waals surface area contributed by atoms with Gasteiger partial charge in [-0.15, -0.1) is 11.3 Å². The molecule has 132 valence electrons. The Morgan fingerprint density at radius 1 is 1.15 bits per heavy atom. The Labute approximate surface area is 158 Å². The van der Waals surface area contributed by atoms with E-state index in [0.29, 0.717) is 21.2 Å². The molecular formula is C20H14ClFO3S. The summed E-state index contributed by atoms with van der Waals surface area (Å²) in [5, 5.41) is 11.5. The van der Waals surface area contributed by atoms with Crippen LogP contribution in [0.4, 0.5) is 4.39 Å². The lowest BCUT2D eigenvalue weighted by atomic mass is 10.1. The van der Waals surface area contributed by atoms with Gasteiger partial charge in [-0.2, -0.15) is 0 Å². The summed E-state index contributed by atoms with van der Waals surface area (Å²) in [4.78, 5) is 12.1. The van der Waals surface area contributed by atoms with Crippen molar-refractivity contribution in [2.24, 2.45) is 0 Å². The number of halogens is 2. The van der Waals surface area contributed by atoms with Gasteiger partial charge in [-0.1, -0.05) is 35.9 Å². The second kappa shape index (κ2) is 8.17. The first-order valence-corrected chi connectivity index (χ1v) is 8.95. The first-order chi connectivity index (χ1) is 12.5. The van der Waals surface area contributed by atoms with Gasteiger partial charge in [-0.25, -0.2) is 9.18 Å². The highest BCUT2D eigenvalue weighted by molar-refractivity contribution is 7.11. The fraction of sp³-hybridized carbons (Fsp3) is 0.0500. The Morgan fingerprint density at radius 3 is 2.54 bits per heavy atom. The zero-order valence-electron chi connectivity index (χ0n) is 13.5. The van der Waals surface area contributed by atoms with E-state index in [0.717, 1.165) is 5.56 Å². The number of hydrogen-bond acceptors (Lipinski definition) is 3. The van der Waals surface area contributed by atoms with Crippen molar-refractivity contribution in [1.82, 2.24) is 0 Å². The Bertz CT molecular complexity index is 914. The molecule has 1 N–H and O–H groups in total. The van der Waals surface area contributed by atoms with Crippen molar-refractivity contribution in [1.29, 1.82) is 0 Å². The predicted molar refractivity (Wildman–Crippen MR) is 102 cm³/mol. The molecule has 0 amide bonds. The maximum Gasteiger partial charge on any atom is 0.337 e. The Kier molecular flexibility index (Phi) is 5.71. The molecule has 0 aliphatic heterocycles. The van der Waals surface area contributed by atoms with Crippen molar-refractivity contribution in [2.45, 2.75) is 6.61 Å². The average molecular weight is 389 g/mol. The Balaban J connectivity index is 1.74. The van der Waals surface area contributed by atoms with Crippen LogP contribution >= 0.6 is 22.9 Å². The molecule has 1 heterocycles. The van der Waals surface area contributed by atoms with Crippen molar-refractivity contribution in [3.8, 4) is 5.75 Å². The molecule has 6 heteroatoms. The van der Waals surface area contributed by atoms with E-state index in [1.807, 2.05) is 11.4 Å². The second-order valence-corrected chi connectivity index (χ2v) is 6.75. The fourth-order valence-electron chi connectivity index (χ4n) is 2.32. The van der Waals surface area contributed by atoms with Gasteiger partial charge in [0.2, 0.25) is 0 Å². The minimum atomic E-state index is -0.984. The lowest BCUT2D eigenvalue weighted by Crippen LogP contribution is -1.99. The van der Waals surface area contributed by atoms with Crippen LogP contribution in [0, 0.1) is 5.82 Å². The lowest BCUT2D eigenvalue weighted by Gasteiger charge is -2.09. The standard InChI is InChI=1S/C20H14ClFO3S/c21-17-3-1-4-18(22)16(17)12-25-14-8-6-13(7-9-14)11-15(20(23)24)19-5-2-10-26-19/h1-11H,12H2,(H,23,24)/b15-11-. The average Bonchev–Trinajstić information content (AvgIpc) is 3.14. The number of carboxylic acids is 1. The molecule has 0 fully saturated rings. The van der Waals surface area contributed by atoms with Crippen molar-refractivity contribution in [2.75, 3.05) is 0 Å². The number of ether oxygens (including phenoxy) is 1. The van der Waals surface area contributed by atoms with Crippen molar-refractivity contribution >= 4 is 40.6 Å². The van der Waals surface area contributed by atoms with Crippen LogP contribution in [0.2, 0.25) is 5.02 Å². The van der Waals surface area contributed by atoms with Gasteiger partial charge in [0.1, 0.15) is 18.2 Å². The van der Waals surface area contributed by atoms with Crippen molar-refractivity contribution in [3.63, 3.8) is 0 Å². The number of aliphatic carboxylic acids is 1. The van der Waals surface area contributed by atoms with Crippen molar-refractivity contribution < 1.29 is 19.0 Å². The minimum absolute atomic E-state index is 0.0102. The summed E-state index contributed by atoms with van der Waals surface area (Å²) in [6.45, 7) is 0.0102. The molecule has 0 saturated heterocycles. The van der Waals surface area contributed by atoms with Gasteiger partial charge in [0.15, 0.2) is 0 Å². The first kappa shape index (κ1) is 18.2. The van der Waals surface area contributed by atoms with E-state index in [9.17, 15) is 14.3 Å². The van der Waals surface area contributed by atoms with Crippen LogP contribution in [0.25, 0.3) is 11.6 Å². The predicted octanol–water partition coefficient (Wildman–Crippen LogP) is 5.74. The minimum Gasteiger partial charge on any atom is -0.489 e. The summed E-state index contributed by atoms with van der Waals surface area (Å²) in [5.41, 5.74) is 1.25. The molecule has 0 saturated carbocycles. The van der Waals surface area contributed by atoms with Crippen LogP contribution in [0.3, 0.4) is 0 Å². The van der Waals surface area contributed by atoms with Crippen LogP contribution in [-0.2, 0) is 11.4 Å². The highest BCUT2D eigenvalue weighted by Gasteiger charge is 2.11. The number of benzene rings is 2. The van der Waals surface area contributed by atoms with Gasteiger partial charge >= 0.3 is 5.97 Å². The monoisotopic (exact) mass is 388 g/mol. The molecule has 3 nitrogen and oxygen atoms in total. The third kappa shape index (κ3) is 4.31. The molecule has 0 atom stereocenters.